The van der Waals surface area contributed by atoms with Crippen molar-refractivity contribution in [3.63, 3.8) is 0 Å². The SMILES string of the molecule is O=c1cc(-c2ccccc2)oc2ccccc12.[Se]. The van der Waals surface area contributed by atoms with E-state index in [1.54, 1.807) is 6.07 Å². The van der Waals surface area contributed by atoms with E-state index in [2.05, 4.69) is 0 Å². The molecule has 1 aromatic heterocycles. The van der Waals surface area contributed by atoms with Gasteiger partial charge in [-0.15, -0.1) is 0 Å². The van der Waals surface area contributed by atoms with Crippen molar-refractivity contribution in [1.82, 2.24) is 0 Å². The van der Waals surface area contributed by atoms with Gasteiger partial charge in [0.1, 0.15) is 11.3 Å². The van der Waals surface area contributed by atoms with E-state index in [0.717, 1.165) is 5.56 Å². The fourth-order valence-corrected chi connectivity index (χ4v) is 1.85. The molecule has 0 fully saturated rings. The van der Waals surface area contributed by atoms with Gasteiger partial charge in [-0.25, -0.2) is 0 Å². The molecule has 2 aromatic carbocycles. The molecule has 88 valence electrons. The van der Waals surface area contributed by atoms with Crippen LogP contribution in [-0.2, 0) is 0 Å². The minimum atomic E-state index is -0.00861. The summed E-state index contributed by atoms with van der Waals surface area (Å²) in [5.41, 5.74) is 1.53. The van der Waals surface area contributed by atoms with Gasteiger partial charge in [-0.2, -0.15) is 0 Å². The van der Waals surface area contributed by atoms with Crippen LogP contribution in [0.4, 0.5) is 0 Å². The molecule has 0 N–H and O–H groups in total. The minimum Gasteiger partial charge on any atom is -0.456 e. The van der Waals surface area contributed by atoms with E-state index in [1.807, 2.05) is 48.5 Å². The maximum absolute atomic E-state index is 11.9. The van der Waals surface area contributed by atoms with Gasteiger partial charge in [-0.1, -0.05) is 42.5 Å². The van der Waals surface area contributed by atoms with Crippen LogP contribution in [0.1, 0.15) is 0 Å². The second-order valence-corrected chi connectivity index (χ2v) is 3.84. The molecule has 0 saturated heterocycles. The summed E-state index contributed by atoms with van der Waals surface area (Å²) in [6, 6.07) is 18.4. The molecule has 0 bridgehead atoms. The summed E-state index contributed by atoms with van der Waals surface area (Å²) in [5, 5.41) is 0.618. The molecule has 0 aliphatic heterocycles. The quantitative estimate of drug-likeness (QED) is 0.647. The van der Waals surface area contributed by atoms with E-state index in [1.165, 1.54) is 6.07 Å². The predicted molar refractivity (Wildman–Crippen MR) is 73.7 cm³/mol. The van der Waals surface area contributed by atoms with Crippen LogP contribution in [0.15, 0.2) is 69.9 Å². The molecule has 0 saturated carbocycles. The largest absolute Gasteiger partial charge is 0.456 e. The third kappa shape index (κ3) is 2.23. The summed E-state index contributed by atoms with van der Waals surface area (Å²) in [6.07, 6.45) is 0. The third-order valence-electron chi connectivity index (χ3n) is 2.69. The molecule has 2 nitrogen and oxygen atoms in total. The molecule has 18 heavy (non-hydrogen) atoms. The first-order valence-electron chi connectivity index (χ1n) is 5.43. The van der Waals surface area contributed by atoms with E-state index in [9.17, 15) is 4.79 Å². The molecule has 0 unspecified atom stereocenters. The zero-order chi connectivity index (χ0) is 11.7. The normalized spacial score (nSPS) is 10.0. The van der Waals surface area contributed by atoms with Crippen molar-refractivity contribution < 1.29 is 4.42 Å². The van der Waals surface area contributed by atoms with E-state index in [4.69, 9.17) is 4.42 Å². The van der Waals surface area contributed by atoms with E-state index in [-0.39, 0.29) is 22.5 Å². The summed E-state index contributed by atoms with van der Waals surface area (Å²) in [4.78, 5) is 11.9. The van der Waals surface area contributed by atoms with Crippen LogP contribution in [0.2, 0.25) is 0 Å². The third-order valence-corrected chi connectivity index (χ3v) is 2.69. The van der Waals surface area contributed by atoms with Crippen LogP contribution < -0.4 is 5.43 Å². The number of fused-ring (bicyclic) bond motifs is 1. The monoisotopic (exact) mass is 302 g/mol. The van der Waals surface area contributed by atoms with Gasteiger partial charge >= 0.3 is 0 Å². The maximum Gasteiger partial charge on any atom is 0.193 e. The maximum atomic E-state index is 11.9. The van der Waals surface area contributed by atoms with Gasteiger partial charge in [0.05, 0.1) is 5.39 Å². The Morgan fingerprint density at radius 1 is 0.833 bits per heavy atom. The van der Waals surface area contributed by atoms with E-state index >= 15 is 0 Å². The Labute approximate surface area is 115 Å². The van der Waals surface area contributed by atoms with Crippen molar-refractivity contribution in [3.05, 3.63) is 70.9 Å². The predicted octanol–water partition coefficient (Wildman–Crippen LogP) is 3.08. The van der Waals surface area contributed by atoms with Crippen molar-refractivity contribution in [2.45, 2.75) is 0 Å². The van der Waals surface area contributed by atoms with Crippen molar-refractivity contribution >= 4 is 28.0 Å². The molecular weight excluding hydrogens is 291 g/mol. The molecule has 0 aliphatic carbocycles. The van der Waals surface area contributed by atoms with Gasteiger partial charge in [0.25, 0.3) is 0 Å². The molecule has 3 rings (SSSR count). The molecule has 0 atom stereocenters. The van der Waals surface area contributed by atoms with Crippen LogP contribution in [0.5, 0.6) is 0 Å². The van der Waals surface area contributed by atoms with E-state index < -0.39 is 0 Å². The Morgan fingerprint density at radius 2 is 1.50 bits per heavy atom. The van der Waals surface area contributed by atoms with Gasteiger partial charge in [-0.05, 0) is 12.1 Å². The number of para-hydroxylation sites is 1. The van der Waals surface area contributed by atoms with Gasteiger partial charge in [-0.3, -0.25) is 4.79 Å². The van der Waals surface area contributed by atoms with Crippen LogP contribution in [0, 0.1) is 0 Å². The van der Waals surface area contributed by atoms with Crippen molar-refractivity contribution in [3.8, 4) is 11.3 Å². The van der Waals surface area contributed by atoms with Crippen LogP contribution >= 0.6 is 0 Å². The number of benzene rings is 2. The summed E-state index contributed by atoms with van der Waals surface area (Å²) in [6.45, 7) is 0. The van der Waals surface area contributed by atoms with Gasteiger partial charge in [0.2, 0.25) is 0 Å². The first-order valence-corrected chi connectivity index (χ1v) is 5.43. The summed E-state index contributed by atoms with van der Waals surface area (Å²) >= 11 is 0. The number of rotatable bonds is 1. The average molecular weight is 301 g/mol. The summed E-state index contributed by atoms with van der Waals surface area (Å²) in [5.74, 6) is 0.606. The zero-order valence-electron chi connectivity index (χ0n) is 9.50. The number of hydrogen-bond donors (Lipinski definition) is 0. The smallest absolute Gasteiger partial charge is 0.193 e. The van der Waals surface area contributed by atoms with Gasteiger partial charge < -0.3 is 4.42 Å². The topological polar surface area (TPSA) is 30.2 Å². The Bertz CT molecular complexity index is 717. The molecule has 0 amide bonds. The summed E-state index contributed by atoms with van der Waals surface area (Å²) < 4.78 is 5.73. The molecule has 2 radical (unpaired) electrons. The van der Waals surface area contributed by atoms with E-state index in [0.29, 0.717) is 16.7 Å². The van der Waals surface area contributed by atoms with Crippen molar-refractivity contribution in [2.75, 3.05) is 0 Å². The Hall–Kier alpha value is -1.83. The van der Waals surface area contributed by atoms with Crippen molar-refractivity contribution in [1.29, 1.82) is 0 Å². The standard InChI is InChI=1S/C15H10O2.Se/c16-13-10-15(11-6-2-1-3-7-11)17-14-9-5-4-8-12(13)14;/h1-10H;. The average Bonchev–Trinajstić information content (AvgIpc) is 2.40. The molecular formula is C15H10O2Se. The summed E-state index contributed by atoms with van der Waals surface area (Å²) in [7, 11) is 0. The molecule has 3 aromatic rings. The van der Waals surface area contributed by atoms with Crippen molar-refractivity contribution in [2.24, 2.45) is 0 Å². The second-order valence-electron chi connectivity index (χ2n) is 3.84. The second kappa shape index (κ2) is 5.21. The van der Waals surface area contributed by atoms with Crippen LogP contribution in [0.25, 0.3) is 22.3 Å². The van der Waals surface area contributed by atoms with Gasteiger partial charge in [0, 0.05) is 28.7 Å². The first-order chi connectivity index (χ1) is 8.34. The Kier molecular flexibility index (Phi) is 3.66. The molecule has 3 heteroatoms. The molecule has 1 heterocycles. The van der Waals surface area contributed by atoms with Crippen LogP contribution in [-0.4, -0.2) is 17.1 Å². The Morgan fingerprint density at radius 3 is 2.28 bits per heavy atom. The van der Waals surface area contributed by atoms with Crippen LogP contribution in [0.3, 0.4) is 0 Å². The fraction of sp³-hybridized carbons (Fsp3) is 0. The number of hydrogen-bond acceptors (Lipinski definition) is 2. The Balaban J connectivity index is 0.00000120. The fourth-order valence-electron chi connectivity index (χ4n) is 1.85. The van der Waals surface area contributed by atoms with Gasteiger partial charge in [0.15, 0.2) is 5.43 Å². The minimum absolute atomic E-state index is 0. The first kappa shape index (κ1) is 12.6. The molecule has 0 aliphatic rings. The zero-order valence-corrected chi connectivity index (χ0v) is 11.2. The molecule has 0 spiro atoms.